The van der Waals surface area contributed by atoms with Gasteiger partial charge in [0.1, 0.15) is 23.1 Å². The Balaban J connectivity index is 0.960. The van der Waals surface area contributed by atoms with E-state index in [0.717, 1.165) is 47.9 Å². The molecule has 3 heterocycles. The number of carbonyl (C=O) groups is 1. The summed E-state index contributed by atoms with van der Waals surface area (Å²) >= 11 is 0. The zero-order valence-electron chi connectivity index (χ0n) is 26.1. The molecule has 8 nitrogen and oxygen atoms in total. The molecule has 2 bridgehead atoms. The first kappa shape index (κ1) is 27.9. The molecule has 1 aliphatic heterocycles. The van der Waals surface area contributed by atoms with Crippen LogP contribution in [-0.2, 0) is 4.74 Å². The second-order valence-electron chi connectivity index (χ2n) is 14.3. The van der Waals surface area contributed by atoms with E-state index in [1.165, 1.54) is 38.5 Å². The fourth-order valence-corrected chi connectivity index (χ4v) is 9.47. The number of nitriles is 1. The number of amides is 1. The normalized spacial score (nSPS) is 30.4. The lowest BCUT2D eigenvalue weighted by Crippen LogP contribution is -2.58. The third-order valence-corrected chi connectivity index (χ3v) is 12.0. The summed E-state index contributed by atoms with van der Waals surface area (Å²) in [4.78, 5) is 18.0. The SMILES string of the molecule is COc1cc(C(=O)NC2CC34CCC(CCCC23)C4)ccc1-c1cc2nccc(-c3ccc(NC4C5COCC54)c(C#N)c3)c2o1. The second kappa shape index (κ2) is 10.6. The minimum atomic E-state index is -0.0403. The van der Waals surface area contributed by atoms with Crippen molar-refractivity contribution in [3.63, 3.8) is 0 Å². The first-order valence-corrected chi connectivity index (χ1v) is 16.8. The first-order valence-electron chi connectivity index (χ1n) is 16.8. The van der Waals surface area contributed by atoms with Crippen molar-refractivity contribution in [1.82, 2.24) is 10.3 Å². The molecule has 0 radical (unpaired) electrons. The number of carbonyl (C=O) groups excluding carboxylic acids is 1. The molecule has 6 atom stereocenters. The number of nitrogens with zero attached hydrogens (tertiary/aromatic N) is 2. The van der Waals surface area contributed by atoms with Crippen LogP contribution < -0.4 is 15.4 Å². The van der Waals surface area contributed by atoms with E-state index in [1.807, 2.05) is 48.5 Å². The molecular formula is C38H38N4O4. The molecule has 46 heavy (non-hydrogen) atoms. The maximum atomic E-state index is 13.4. The number of furan rings is 1. The largest absolute Gasteiger partial charge is 0.496 e. The minimum absolute atomic E-state index is 0.0403. The predicted octanol–water partition coefficient (Wildman–Crippen LogP) is 7.19. The van der Waals surface area contributed by atoms with E-state index in [-0.39, 0.29) is 11.9 Å². The van der Waals surface area contributed by atoms with Gasteiger partial charge < -0.3 is 24.5 Å². The summed E-state index contributed by atoms with van der Waals surface area (Å²) in [5, 5.41) is 16.9. The van der Waals surface area contributed by atoms with Crippen molar-refractivity contribution in [3.05, 3.63) is 65.9 Å². The van der Waals surface area contributed by atoms with Crippen LogP contribution in [-0.4, -0.2) is 43.3 Å². The van der Waals surface area contributed by atoms with Gasteiger partial charge in [-0.25, -0.2) is 0 Å². The highest BCUT2D eigenvalue weighted by Crippen LogP contribution is 2.63. The molecule has 4 aliphatic carbocycles. The Bertz CT molecular complexity index is 1900. The number of benzene rings is 2. The van der Waals surface area contributed by atoms with E-state index in [1.54, 1.807) is 13.3 Å². The van der Waals surface area contributed by atoms with Crippen molar-refractivity contribution in [3.8, 4) is 34.3 Å². The number of pyridine rings is 1. The van der Waals surface area contributed by atoms with Crippen molar-refractivity contribution >= 4 is 22.7 Å². The highest BCUT2D eigenvalue weighted by atomic mass is 16.5. The number of anilines is 1. The number of ether oxygens (including phenoxy) is 2. The summed E-state index contributed by atoms with van der Waals surface area (Å²) in [7, 11) is 1.62. The van der Waals surface area contributed by atoms with Crippen molar-refractivity contribution < 1.29 is 18.7 Å². The predicted molar refractivity (Wildman–Crippen MR) is 174 cm³/mol. The average Bonchev–Trinajstić information content (AvgIpc) is 3.51. The fraction of sp³-hybridized carbons (Fsp3) is 0.447. The van der Waals surface area contributed by atoms with Gasteiger partial charge in [-0.15, -0.1) is 0 Å². The molecule has 9 rings (SSSR count). The Labute approximate surface area is 268 Å². The van der Waals surface area contributed by atoms with Crippen LogP contribution in [0.3, 0.4) is 0 Å². The Kier molecular flexibility index (Phi) is 6.43. The van der Waals surface area contributed by atoms with E-state index in [0.29, 0.717) is 62.9 Å². The van der Waals surface area contributed by atoms with E-state index < -0.39 is 0 Å². The van der Waals surface area contributed by atoms with E-state index >= 15 is 0 Å². The van der Waals surface area contributed by atoms with Gasteiger partial charge in [-0.05, 0) is 91.3 Å². The smallest absolute Gasteiger partial charge is 0.251 e. The average molecular weight is 615 g/mol. The van der Waals surface area contributed by atoms with Gasteiger partial charge >= 0.3 is 0 Å². The van der Waals surface area contributed by atoms with Gasteiger partial charge in [-0.2, -0.15) is 5.26 Å². The molecule has 5 fully saturated rings. The molecule has 8 heteroatoms. The maximum absolute atomic E-state index is 13.4. The number of methoxy groups -OCH3 is 1. The Morgan fingerprint density at radius 3 is 2.78 bits per heavy atom. The van der Waals surface area contributed by atoms with Crippen LogP contribution in [0.1, 0.15) is 60.9 Å². The number of rotatable bonds is 7. The van der Waals surface area contributed by atoms with Crippen LogP contribution in [0.2, 0.25) is 0 Å². The molecule has 2 aromatic carbocycles. The number of hydrogen-bond donors (Lipinski definition) is 2. The van der Waals surface area contributed by atoms with Crippen LogP contribution in [0.25, 0.3) is 33.6 Å². The van der Waals surface area contributed by atoms with E-state index in [2.05, 4.69) is 21.7 Å². The number of hydrogen-bond acceptors (Lipinski definition) is 7. The summed E-state index contributed by atoms with van der Waals surface area (Å²) in [5.74, 6) is 3.75. The second-order valence-corrected chi connectivity index (χ2v) is 14.3. The third kappa shape index (κ3) is 4.43. The maximum Gasteiger partial charge on any atom is 0.251 e. The molecule has 2 N–H and O–H groups in total. The number of nitrogens with one attached hydrogen (secondary N) is 2. The minimum Gasteiger partial charge on any atom is -0.496 e. The van der Waals surface area contributed by atoms with Gasteiger partial charge in [0.25, 0.3) is 5.91 Å². The highest BCUT2D eigenvalue weighted by Gasteiger charge is 2.57. The lowest BCUT2D eigenvalue weighted by molar-refractivity contribution is -0.00950. The highest BCUT2D eigenvalue weighted by molar-refractivity contribution is 5.97. The van der Waals surface area contributed by atoms with Crippen LogP contribution in [0.4, 0.5) is 5.69 Å². The van der Waals surface area contributed by atoms with Gasteiger partial charge in [0, 0.05) is 47.3 Å². The van der Waals surface area contributed by atoms with Crippen molar-refractivity contribution in [1.29, 1.82) is 5.26 Å². The monoisotopic (exact) mass is 614 g/mol. The molecule has 1 amide bonds. The van der Waals surface area contributed by atoms with Gasteiger partial charge in [0.15, 0.2) is 5.58 Å². The lowest BCUT2D eigenvalue weighted by atomic mass is 9.55. The molecule has 1 saturated heterocycles. The van der Waals surface area contributed by atoms with E-state index in [9.17, 15) is 10.1 Å². The Morgan fingerprint density at radius 1 is 1.04 bits per heavy atom. The number of fused-ring (bicyclic) bond motifs is 3. The van der Waals surface area contributed by atoms with Crippen LogP contribution in [0.5, 0.6) is 5.75 Å². The van der Waals surface area contributed by atoms with Gasteiger partial charge in [0.2, 0.25) is 0 Å². The molecule has 5 aliphatic rings. The quantitative estimate of drug-likeness (QED) is 0.227. The summed E-state index contributed by atoms with van der Waals surface area (Å²) < 4.78 is 17.7. The zero-order chi connectivity index (χ0) is 31.0. The standard InChI is InChI=1S/C38H38N4O4/c1-44-33-14-23(37(43)42-32-17-38-11-9-21(16-38)3-2-4-29(32)38)5-7-26(33)34-15-31-36(46-34)25(10-12-40-31)22-6-8-30(24(13-22)18-39)41-35-27-19-45-20-28(27)35/h5-8,10,12-15,21,27-29,32,35,41H,2-4,9,11,16-17,19-20H2,1H3,(H,42,43). The van der Waals surface area contributed by atoms with Crippen LogP contribution >= 0.6 is 0 Å². The van der Waals surface area contributed by atoms with Crippen molar-refractivity contribution in [2.24, 2.45) is 29.1 Å². The molecule has 234 valence electrons. The lowest BCUT2D eigenvalue weighted by Gasteiger charge is -2.54. The van der Waals surface area contributed by atoms with Crippen LogP contribution in [0.15, 0.2) is 59.1 Å². The Hall–Kier alpha value is -4.35. The molecule has 1 spiro atoms. The third-order valence-electron chi connectivity index (χ3n) is 12.0. The molecule has 2 aromatic heterocycles. The number of aromatic nitrogens is 1. The zero-order valence-corrected chi connectivity index (χ0v) is 26.1. The van der Waals surface area contributed by atoms with Crippen molar-refractivity contribution in [2.75, 3.05) is 25.6 Å². The van der Waals surface area contributed by atoms with Gasteiger partial charge in [-0.3, -0.25) is 9.78 Å². The summed E-state index contributed by atoms with van der Waals surface area (Å²) in [6.07, 6.45) is 10.8. The molecule has 4 aromatic rings. The van der Waals surface area contributed by atoms with Crippen LogP contribution in [0, 0.1) is 40.4 Å². The topological polar surface area (TPSA) is 109 Å². The molecule has 6 unspecified atom stereocenters. The first-order chi connectivity index (χ1) is 22.5. The van der Waals surface area contributed by atoms with E-state index in [4.69, 9.17) is 13.9 Å². The summed E-state index contributed by atoms with van der Waals surface area (Å²) in [5.41, 5.74) is 6.36. The molecular weight excluding hydrogens is 576 g/mol. The Morgan fingerprint density at radius 2 is 1.93 bits per heavy atom. The van der Waals surface area contributed by atoms with Gasteiger partial charge in [0.05, 0.1) is 37.1 Å². The molecule has 4 saturated carbocycles. The fourth-order valence-electron chi connectivity index (χ4n) is 9.47. The summed E-state index contributed by atoms with van der Waals surface area (Å²) in [6, 6.07) is 18.3. The van der Waals surface area contributed by atoms with Crippen molar-refractivity contribution in [2.45, 2.75) is 57.0 Å². The summed E-state index contributed by atoms with van der Waals surface area (Å²) in [6.45, 7) is 1.58. The van der Waals surface area contributed by atoms with Gasteiger partial charge in [-0.1, -0.05) is 18.9 Å².